The van der Waals surface area contributed by atoms with Crippen molar-refractivity contribution in [3.63, 3.8) is 0 Å². The second kappa shape index (κ2) is 7.26. The van der Waals surface area contributed by atoms with E-state index < -0.39 is 0 Å². The fourth-order valence-electron chi connectivity index (χ4n) is 3.66. The molecule has 24 heavy (non-hydrogen) atoms. The number of methoxy groups -OCH3 is 2. The molecule has 0 aliphatic carbocycles. The van der Waals surface area contributed by atoms with Gasteiger partial charge in [-0.05, 0) is 55.6 Å². The summed E-state index contributed by atoms with van der Waals surface area (Å²) in [6, 6.07) is 6.33. The van der Waals surface area contributed by atoms with E-state index in [0.29, 0.717) is 5.92 Å². The Labute approximate surface area is 144 Å². The highest BCUT2D eigenvalue weighted by Gasteiger charge is 2.24. The van der Waals surface area contributed by atoms with Crippen LogP contribution in [0.5, 0.6) is 11.5 Å². The number of likely N-dealkylation sites (tertiary alicyclic amines) is 1. The van der Waals surface area contributed by atoms with Gasteiger partial charge in [-0.1, -0.05) is 0 Å². The van der Waals surface area contributed by atoms with Crippen molar-refractivity contribution >= 4 is 0 Å². The van der Waals surface area contributed by atoms with Crippen LogP contribution in [-0.4, -0.2) is 42.0 Å². The van der Waals surface area contributed by atoms with E-state index in [1.807, 2.05) is 17.9 Å². The second-order valence-corrected chi connectivity index (χ2v) is 6.59. The van der Waals surface area contributed by atoms with Gasteiger partial charge in [0.1, 0.15) is 0 Å². The summed E-state index contributed by atoms with van der Waals surface area (Å²) in [5.41, 5.74) is 3.89. The molecule has 0 amide bonds. The van der Waals surface area contributed by atoms with Crippen LogP contribution in [0, 0.1) is 6.92 Å². The zero-order valence-corrected chi connectivity index (χ0v) is 15.1. The monoisotopic (exact) mass is 329 g/mol. The lowest BCUT2D eigenvalue weighted by molar-refractivity contribution is 0.196. The molecular weight excluding hydrogens is 302 g/mol. The molecule has 3 rings (SSSR count). The van der Waals surface area contributed by atoms with Gasteiger partial charge in [0.15, 0.2) is 11.5 Å². The Bertz CT molecular complexity index is 696. The van der Waals surface area contributed by atoms with Crippen molar-refractivity contribution in [2.24, 2.45) is 7.05 Å². The number of piperidine rings is 1. The van der Waals surface area contributed by atoms with Gasteiger partial charge in [0.25, 0.3) is 0 Å². The number of aryl methyl sites for hydroxylation is 2. The molecule has 130 valence electrons. The number of aromatic nitrogens is 2. The van der Waals surface area contributed by atoms with E-state index >= 15 is 0 Å². The van der Waals surface area contributed by atoms with E-state index in [-0.39, 0.29) is 0 Å². The molecule has 5 nitrogen and oxygen atoms in total. The van der Waals surface area contributed by atoms with Crippen molar-refractivity contribution in [2.45, 2.75) is 32.2 Å². The molecule has 0 saturated carbocycles. The predicted molar refractivity (Wildman–Crippen MR) is 94.7 cm³/mol. The third kappa shape index (κ3) is 3.41. The highest BCUT2D eigenvalue weighted by atomic mass is 16.5. The smallest absolute Gasteiger partial charge is 0.161 e. The van der Waals surface area contributed by atoms with Crippen LogP contribution in [0.2, 0.25) is 0 Å². The highest BCUT2D eigenvalue weighted by molar-refractivity contribution is 5.47. The Kier molecular flexibility index (Phi) is 5.09. The van der Waals surface area contributed by atoms with Gasteiger partial charge in [0.2, 0.25) is 0 Å². The van der Waals surface area contributed by atoms with Crippen LogP contribution in [0.1, 0.15) is 35.6 Å². The van der Waals surface area contributed by atoms with Crippen LogP contribution in [0.3, 0.4) is 0 Å². The second-order valence-electron chi connectivity index (χ2n) is 6.59. The summed E-state index contributed by atoms with van der Waals surface area (Å²) < 4.78 is 12.9. The fraction of sp³-hybridized carbons (Fsp3) is 0.526. The minimum absolute atomic E-state index is 0.562. The van der Waals surface area contributed by atoms with Crippen LogP contribution in [0.4, 0.5) is 0 Å². The summed E-state index contributed by atoms with van der Waals surface area (Å²) in [5, 5.41) is 4.32. The van der Waals surface area contributed by atoms with Crippen LogP contribution in [-0.2, 0) is 13.6 Å². The van der Waals surface area contributed by atoms with E-state index in [9.17, 15) is 0 Å². The molecule has 0 bridgehead atoms. The Morgan fingerprint density at radius 3 is 2.62 bits per heavy atom. The number of rotatable bonds is 5. The lowest BCUT2D eigenvalue weighted by Gasteiger charge is -2.33. The summed E-state index contributed by atoms with van der Waals surface area (Å²) in [4.78, 5) is 2.54. The Morgan fingerprint density at radius 1 is 1.21 bits per heavy atom. The molecule has 1 atom stereocenters. The molecular formula is C19H27N3O2. The maximum absolute atomic E-state index is 5.46. The van der Waals surface area contributed by atoms with Crippen LogP contribution in [0.25, 0.3) is 0 Å². The van der Waals surface area contributed by atoms with E-state index in [2.05, 4.69) is 35.1 Å². The van der Waals surface area contributed by atoms with Gasteiger partial charge in [0.05, 0.1) is 14.2 Å². The van der Waals surface area contributed by atoms with Gasteiger partial charge < -0.3 is 9.47 Å². The number of hydrogen-bond donors (Lipinski definition) is 0. The third-order valence-electron chi connectivity index (χ3n) is 5.02. The van der Waals surface area contributed by atoms with E-state index in [4.69, 9.17) is 9.47 Å². The van der Waals surface area contributed by atoms with Gasteiger partial charge in [-0.3, -0.25) is 9.58 Å². The van der Waals surface area contributed by atoms with Crippen molar-refractivity contribution in [2.75, 3.05) is 27.3 Å². The summed E-state index contributed by atoms with van der Waals surface area (Å²) in [5.74, 6) is 2.16. The van der Waals surface area contributed by atoms with E-state index in [1.165, 1.54) is 29.7 Å². The molecule has 1 aliphatic rings. The van der Waals surface area contributed by atoms with Crippen molar-refractivity contribution in [1.29, 1.82) is 0 Å². The van der Waals surface area contributed by atoms with Crippen molar-refractivity contribution in [1.82, 2.24) is 14.7 Å². The SMILES string of the molecule is COc1cc(C)c(CN2CCCC(c3ccnn3C)C2)cc1OC. The number of hydrogen-bond acceptors (Lipinski definition) is 4. The molecule has 1 saturated heterocycles. The first-order valence-corrected chi connectivity index (χ1v) is 8.54. The van der Waals surface area contributed by atoms with Crippen LogP contribution >= 0.6 is 0 Å². The van der Waals surface area contributed by atoms with Crippen molar-refractivity contribution in [3.05, 3.63) is 41.2 Å². The average Bonchev–Trinajstić information content (AvgIpc) is 3.02. The summed E-state index contributed by atoms with van der Waals surface area (Å²) in [6.45, 7) is 5.30. The zero-order chi connectivity index (χ0) is 17.1. The molecule has 1 aromatic heterocycles. The standard InChI is InChI=1S/C19H27N3O2/c1-14-10-18(23-3)19(24-4)11-16(14)13-22-9-5-6-15(12-22)17-7-8-20-21(17)2/h7-8,10-11,15H,5-6,9,12-13H2,1-4H3. The molecule has 0 N–H and O–H groups in total. The molecule has 1 fully saturated rings. The normalized spacial score (nSPS) is 18.6. The quantitative estimate of drug-likeness (QED) is 0.845. The van der Waals surface area contributed by atoms with Crippen molar-refractivity contribution < 1.29 is 9.47 Å². The molecule has 0 spiro atoms. The van der Waals surface area contributed by atoms with Crippen LogP contribution < -0.4 is 9.47 Å². The summed E-state index contributed by atoms with van der Waals surface area (Å²) in [6.07, 6.45) is 4.36. The minimum atomic E-state index is 0.562. The van der Waals surface area contributed by atoms with Crippen molar-refractivity contribution in [3.8, 4) is 11.5 Å². The zero-order valence-electron chi connectivity index (χ0n) is 15.1. The van der Waals surface area contributed by atoms with Gasteiger partial charge in [-0.25, -0.2) is 0 Å². The lowest BCUT2D eigenvalue weighted by atomic mass is 9.94. The highest BCUT2D eigenvalue weighted by Crippen LogP contribution is 2.32. The predicted octanol–water partition coefficient (Wildman–Crippen LogP) is 3.13. The maximum atomic E-state index is 5.46. The molecule has 1 aliphatic heterocycles. The first-order valence-electron chi connectivity index (χ1n) is 8.54. The minimum Gasteiger partial charge on any atom is -0.493 e. The summed E-state index contributed by atoms with van der Waals surface area (Å²) >= 11 is 0. The van der Waals surface area contributed by atoms with E-state index in [1.54, 1.807) is 14.2 Å². The third-order valence-corrected chi connectivity index (χ3v) is 5.02. The number of nitrogens with zero attached hydrogens (tertiary/aromatic N) is 3. The molecule has 1 aromatic carbocycles. The van der Waals surface area contributed by atoms with E-state index in [0.717, 1.165) is 31.1 Å². The summed E-state index contributed by atoms with van der Waals surface area (Å²) in [7, 11) is 5.41. The molecule has 2 heterocycles. The maximum Gasteiger partial charge on any atom is 0.161 e. The molecule has 1 unspecified atom stereocenters. The molecule has 2 aromatic rings. The van der Waals surface area contributed by atoms with Gasteiger partial charge >= 0.3 is 0 Å². The Morgan fingerprint density at radius 2 is 1.96 bits per heavy atom. The fourth-order valence-corrected chi connectivity index (χ4v) is 3.66. The molecule has 5 heteroatoms. The largest absolute Gasteiger partial charge is 0.493 e. The number of ether oxygens (including phenoxy) is 2. The lowest BCUT2D eigenvalue weighted by Crippen LogP contribution is -2.34. The first kappa shape index (κ1) is 16.8. The topological polar surface area (TPSA) is 39.5 Å². The molecule has 0 radical (unpaired) electrons. The average molecular weight is 329 g/mol. The van der Waals surface area contributed by atoms with Gasteiger partial charge in [-0.2, -0.15) is 5.10 Å². The Hall–Kier alpha value is -2.01. The van der Waals surface area contributed by atoms with Crippen LogP contribution in [0.15, 0.2) is 24.4 Å². The first-order chi connectivity index (χ1) is 11.6. The Balaban J connectivity index is 1.75. The van der Waals surface area contributed by atoms with Gasteiger partial charge in [0, 0.05) is 37.9 Å². The van der Waals surface area contributed by atoms with Gasteiger partial charge in [-0.15, -0.1) is 0 Å². The number of benzene rings is 1.